The highest BCUT2D eigenvalue weighted by Gasteiger charge is 2.35. The van der Waals surface area contributed by atoms with Crippen LogP contribution in [0.2, 0.25) is 0 Å². The van der Waals surface area contributed by atoms with Crippen molar-refractivity contribution in [2.24, 2.45) is 17.8 Å². The van der Waals surface area contributed by atoms with Crippen LogP contribution in [0.3, 0.4) is 0 Å². The molecule has 0 heterocycles. The Morgan fingerprint density at radius 2 is 1.23 bits per heavy atom. The van der Waals surface area contributed by atoms with Crippen molar-refractivity contribution in [2.45, 2.75) is 58.0 Å². The number of fused-ring (bicyclic) bond motifs is 1. The fourth-order valence-electron chi connectivity index (χ4n) is 5.50. The third-order valence-electron chi connectivity index (χ3n) is 6.71. The van der Waals surface area contributed by atoms with Gasteiger partial charge >= 0.3 is 0 Å². The molecule has 0 saturated heterocycles. The van der Waals surface area contributed by atoms with Crippen LogP contribution in [0, 0.1) is 17.8 Å². The Bertz CT molecular complexity index is 607. The van der Waals surface area contributed by atoms with Gasteiger partial charge in [-0.25, -0.2) is 0 Å². The largest absolute Gasteiger partial charge is 0.295 e. The molecule has 3 atom stereocenters. The smallest absolute Gasteiger partial charge is 0.0237 e. The molecule has 2 fully saturated rings. The zero-order valence-corrected chi connectivity index (χ0v) is 16.0. The van der Waals surface area contributed by atoms with Crippen LogP contribution in [0.5, 0.6) is 0 Å². The van der Waals surface area contributed by atoms with E-state index in [-0.39, 0.29) is 0 Å². The molecule has 2 saturated carbocycles. The van der Waals surface area contributed by atoms with Gasteiger partial charge in [0.15, 0.2) is 0 Å². The summed E-state index contributed by atoms with van der Waals surface area (Å²) in [7, 11) is 0. The molecular weight excluding hydrogens is 314 g/mol. The Morgan fingerprint density at radius 3 is 1.88 bits per heavy atom. The first-order valence-corrected chi connectivity index (χ1v) is 10.7. The first kappa shape index (κ1) is 17.8. The van der Waals surface area contributed by atoms with Gasteiger partial charge in [-0.05, 0) is 41.7 Å². The van der Waals surface area contributed by atoms with Gasteiger partial charge in [-0.3, -0.25) is 4.90 Å². The lowest BCUT2D eigenvalue weighted by molar-refractivity contribution is 0.0678. The Balaban J connectivity index is 1.48. The fraction of sp³-hybridized carbons (Fsp3) is 0.520. The monoisotopic (exact) mass is 347 g/mol. The summed E-state index contributed by atoms with van der Waals surface area (Å²) < 4.78 is 0. The molecule has 0 spiro atoms. The van der Waals surface area contributed by atoms with Crippen molar-refractivity contribution in [3.63, 3.8) is 0 Å². The van der Waals surface area contributed by atoms with Crippen LogP contribution >= 0.6 is 0 Å². The molecule has 0 aromatic heterocycles. The molecule has 2 aromatic rings. The predicted octanol–water partition coefficient (Wildman–Crippen LogP) is 6.30. The van der Waals surface area contributed by atoms with Crippen molar-refractivity contribution in [3.8, 4) is 0 Å². The molecule has 0 amide bonds. The second-order valence-electron chi connectivity index (χ2n) is 8.54. The summed E-state index contributed by atoms with van der Waals surface area (Å²) in [6.45, 7) is 3.41. The summed E-state index contributed by atoms with van der Waals surface area (Å²) in [4.78, 5) is 2.71. The van der Waals surface area contributed by atoms with E-state index in [0.29, 0.717) is 0 Å². The van der Waals surface area contributed by atoms with Gasteiger partial charge in [0.1, 0.15) is 0 Å². The van der Waals surface area contributed by atoms with E-state index in [1.165, 1.54) is 62.6 Å². The maximum absolute atomic E-state index is 2.71. The van der Waals surface area contributed by atoms with E-state index in [1.54, 1.807) is 0 Å². The highest BCUT2D eigenvalue weighted by atomic mass is 15.1. The van der Waals surface area contributed by atoms with E-state index in [0.717, 1.165) is 30.8 Å². The Kier molecular flexibility index (Phi) is 6.07. The minimum Gasteiger partial charge on any atom is -0.295 e. The maximum atomic E-state index is 2.71. The van der Waals surface area contributed by atoms with E-state index in [4.69, 9.17) is 0 Å². The van der Waals surface area contributed by atoms with E-state index in [2.05, 4.69) is 65.6 Å². The average molecular weight is 348 g/mol. The zero-order valence-electron chi connectivity index (χ0n) is 16.0. The van der Waals surface area contributed by atoms with Gasteiger partial charge in [-0.1, -0.05) is 92.8 Å². The second-order valence-corrected chi connectivity index (χ2v) is 8.54. The summed E-state index contributed by atoms with van der Waals surface area (Å²) >= 11 is 0. The van der Waals surface area contributed by atoms with E-state index < -0.39 is 0 Å². The number of nitrogens with zero attached hydrogens (tertiary/aromatic N) is 1. The first-order valence-electron chi connectivity index (χ1n) is 10.7. The van der Waals surface area contributed by atoms with Crippen molar-refractivity contribution in [1.29, 1.82) is 0 Å². The molecule has 2 aliphatic rings. The van der Waals surface area contributed by atoms with Crippen LogP contribution in [-0.4, -0.2) is 11.4 Å². The number of rotatable bonds is 6. The minimum absolute atomic E-state index is 0.904. The molecule has 1 nitrogen and oxygen atoms in total. The molecule has 0 N–H and O–H groups in total. The molecule has 4 rings (SSSR count). The molecule has 1 heteroatoms. The van der Waals surface area contributed by atoms with Gasteiger partial charge in [0, 0.05) is 19.6 Å². The van der Waals surface area contributed by atoms with E-state index >= 15 is 0 Å². The molecule has 2 aromatic carbocycles. The lowest BCUT2D eigenvalue weighted by atomic mass is 9.65. The predicted molar refractivity (Wildman–Crippen MR) is 110 cm³/mol. The molecule has 2 aliphatic carbocycles. The summed E-state index contributed by atoms with van der Waals surface area (Å²) in [6.07, 6.45) is 10.3. The van der Waals surface area contributed by atoms with Gasteiger partial charge in [0.25, 0.3) is 0 Å². The Morgan fingerprint density at radius 1 is 0.654 bits per heavy atom. The molecule has 138 valence electrons. The van der Waals surface area contributed by atoms with E-state index in [9.17, 15) is 0 Å². The minimum atomic E-state index is 0.904. The van der Waals surface area contributed by atoms with Crippen molar-refractivity contribution in [1.82, 2.24) is 4.90 Å². The van der Waals surface area contributed by atoms with Crippen LogP contribution in [-0.2, 0) is 13.1 Å². The quantitative estimate of drug-likeness (QED) is 0.593. The average Bonchev–Trinajstić information content (AvgIpc) is 2.70. The lowest BCUT2D eigenvalue weighted by Gasteiger charge is -2.43. The highest BCUT2D eigenvalue weighted by molar-refractivity contribution is 5.17. The van der Waals surface area contributed by atoms with Crippen LogP contribution in [0.4, 0.5) is 0 Å². The standard InChI is InChI=1S/C25H33N/c1-3-10-21(11-4-1)18-26(19-22-12-5-2-6-13-22)20-24-16-9-15-23-14-7-8-17-25(23)24/h1-6,10-13,23-25H,7-9,14-20H2. The van der Waals surface area contributed by atoms with Crippen molar-refractivity contribution < 1.29 is 0 Å². The highest BCUT2D eigenvalue weighted by Crippen LogP contribution is 2.44. The summed E-state index contributed by atoms with van der Waals surface area (Å²) in [5, 5.41) is 0. The lowest BCUT2D eigenvalue weighted by Crippen LogP contribution is -2.38. The molecule has 3 unspecified atom stereocenters. The normalized spacial score (nSPS) is 25.8. The van der Waals surface area contributed by atoms with Gasteiger partial charge < -0.3 is 0 Å². The van der Waals surface area contributed by atoms with Crippen molar-refractivity contribution in [2.75, 3.05) is 6.54 Å². The Labute approximate surface area is 159 Å². The van der Waals surface area contributed by atoms with Crippen molar-refractivity contribution in [3.05, 3.63) is 71.8 Å². The van der Waals surface area contributed by atoms with Gasteiger partial charge in [0.05, 0.1) is 0 Å². The summed E-state index contributed by atoms with van der Waals surface area (Å²) in [6, 6.07) is 22.1. The maximum Gasteiger partial charge on any atom is 0.0237 e. The third-order valence-corrected chi connectivity index (χ3v) is 6.71. The molecule has 0 radical (unpaired) electrons. The van der Waals surface area contributed by atoms with Crippen molar-refractivity contribution >= 4 is 0 Å². The Hall–Kier alpha value is -1.60. The first-order chi connectivity index (χ1) is 12.9. The molecule has 0 aliphatic heterocycles. The van der Waals surface area contributed by atoms with Gasteiger partial charge in [-0.2, -0.15) is 0 Å². The summed E-state index contributed by atoms with van der Waals surface area (Å²) in [5.74, 6) is 2.92. The van der Waals surface area contributed by atoms with Crippen LogP contribution in [0.25, 0.3) is 0 Å². The van der Waals surface area contributed by atoms with Gasteiger partial charge in [0.2, 0.25) is 0 Å². The van der Waals surface area contributed by atoms with Crippen LogP contribution in [0.1, 0.15) is 56.1 Å². The SMILES string of the molecule is c1ccc(CN(Cc2ccccc2)CC2CCCC3CCCCC32)cc1. The second kappa shape index (κ2) is 8.86. The topological polar surface area (TPSA) is 3.24 Å². The molecule has 0 bridgehead atoms. The zero-order chi connectivity index (χ0) is 17.6. The third kappa shape index (κ3) is 4.57. The number of hydrogen-bond donors (Lipinski definition) is 0. The van der Waals surface area contributed by atoms with Gasteiger partial charge in [-0.15, -0.1) is 0 Å². The van der Waals surface area contributed by atoms with E-state index in [1.807, 2.05) is 0 Å². The fourth-order valence-corrected chi connectivity index (χ4v) is 5.50. The number of benzene rings is 2. The number of hydrogen-bond acceptors (Lipinski definition) is 1. The van der Waals surface area contributed by atoms with Crippen LogP contribution in [0.15, 0.2) is 60.7 Å². The summed E-state index contributed by atoms with van der Waals surface area (Å²) in [5.41, 5.74) is 2.89. The molecular formula is C25H33N. The molecule has 26 heavy (non-hydrogen) atoms. The van der Waals surface area contributed by atoms with Crippen LogP contribution < -0.4 is 0 Å².